The summed E-state index contributed by atoms with van der Waals surface area (Å²) >= 11 is 0. The van der Waals surface area contributed by atoms with E-state index in [0.29, 0.717) is 6.10 Å². The molecule has 0 unspecified atom stereocenters. The van der Waals surface area contributed by atoms with Crippen molar-refractivity contribution in [3.63, 3.8) is 0 Å². The van der Waals surface area contributed by atoms with Gasteiger partial charge in [0.2, 0.25) is 0 Å². The predicted molar refractivity (Wildman–Crippen MR) is 101 cm³/mol. The first-order valence-corrected chi connectivity index (χ1v) is 10.9. The van der Waals surface area contributed by atoms with E-state index >= 15 is 0 Å². The number of hydrogen-bond acceptors (Lipinski definition) is 1. The number of hydrogen-bond donors (Lipinski definition) is 0. The van der Waals surface area contributed by atoms with Gasteiger partial charge < -0.3 is 4.74 Å². The van der Waals surface area contributed by atoms with E-state index in [1.807, 2.05) is 0 Å². The molecule has 0 aliphatic heterocycles. The van der Waals surface area contributed by atoms with Crippen molar-refractivity contribution in [1.82, 2.24) is 0 Å². The van der Waals surface area contributed by atoms with Gasteiger partial charge in [-0.25, -0.2) is 0 Å². The zero-order valence-electron chi connectivity index (χ0n) is 16.0. The molecule has 2 aliphatic rings. The summed E-state index contributed by atoms with van der Waals surface area (Å²) in [5.74, 6) is 3.15. The summed E-state index contributed by atoms with van der Waals surface area (Å²) in [5, 5.41) is 0. The van der Waals surface area contributed by atoms with Crippen LogP contribution in [0.3, 0.4) is 0 Å². The molecule has 0 aromatic carbocycles. The van der Waals surface area contributed by atoms with Gasteiger partial charge in [-0.2, -0.15) is 0 Å². The molecule has 0 aromatic heterocycles. The molecule has 2 aliphatic carbocycles. The molecular formula is C22H42O. The number of ether oxygens (including phenoxy) is 1. The largest absolute Gasteiger partial charge is 0.378 e. The average molecular weight is 323 g/mol. The average Bonchev–Trinajstić information content (AvgIpc) is 2.60. The third-order valence-electron chi connectivity index (χ3n) is 6.56. The molecular weight excluding hydrogens is 280 g/mol. The molecule has 2 saturated carbocycles. The van der Waals surface area contributed by atoms with Crippen LogP contribution in [-0.4, -0.2) is 12.7 Å². The van der Waals surface area contributed by atoms with E-state index in [2.05, 4.69) is 13.8 Å². The Hall–Kier alpha value is -0.0400. The minimum atomic E-state index is 0.590. The maximum Gasteiger partial charge on any atom is 0.0575 e. The minimum Gasteiger partial charge on any atom is -0.378 e. The highest BCUT2D eigenvalue weighted by Gasteiger charge is 2.24. The Labute approximate surface area is 146 Å². The van der Waals surface area contributed by atoms with Crippen molar-refractivity contribution < 1.29 is 4.74 Å². The molecule has 1 heteroatoms. The normalized spacial score (nSPS) is 32.1. The Balaban J connectivity index is 1.51. The van der Waals surface area contributed by atoms with Crippen LogP contribution in [0, 0.1) is 17.8 Å². The number of rotatable bonds is 10. The molecule has 0 amide bonds. The first kappa shape index (κ1) is 19.3. The van der Waals surface area contributed by atoms with E-state index in [1.165, 1.54) is 96.3 Å². The second kappa shape index (κ2) is 11.5. The van der Waals surface area contributed by atoms with Gasteiger partial charge in [0.25, 0.3) is 0 Å². The molecule has 1 nitrogen and oxygen atoms in total. The minimum absolute atomic E-state index is 0.590. The lowest BCUT2D eigenvalue weighted by atomic mass is 9.76. The Morgan fingerprint density at radius 1 is 0.609 bits per heavy atom. The molecule has 136 valence electrons. The highest BCUT2D eigenvalue weighted by atomic mass is 16.5. The molecule has 0 spiro atoms. The fourth-order valence-electron chi connectivity index (χ4n) is 4.75. The molecule has 0 aromatic rings. The van der Waals surface area contributed by atoms with Gasteiger partial charge >= 0.3 is 0 Å². The van der Waals surface area contributed by atoms with E-state index in [-0.39, 0.29) is 0 Å². The fraction of sp³-hybridized carbons (Fsp3) is 1.00. The molecule has 0 bridgehead atoms. The van der Waals surface area contributed by atoms with Crippen molar-refractivity contribution >= 4 is 0 Å². The molecule has 0 N–H and O–H groups in total. The summed E-state index contributed by atoms with van der Waals surface area (Å²) in [6, 6.07) is 0. The Bertz CT molecular complexity index is 272. The number of unbranched alkanes of at least 4 members (excludes halogenated alkanes) is 2. The fourth-order valence-corrected chi connectivity index (χ4v) is 4.75. The van der Waals surface area contributed by atoms with Crippen LogP contribution in [0.25, 0.3) is 0 Å². The van der Waals surface area contributed by atoms with Crippen LogP contribution in [-0.2, 0) is 4.74 Å². The van der Waals surface area contributed by atoms with Gasteiger partial charge in [0.15, 0.2) is 0 Å². The Morgan fingerprint density at radius 3 is 1.61 bits per heavy atom. The lowest BCUT2D eigenvalue weighted by molar-refractivity contribution is 0.0150. The summed E-state index contributed by atoms with van der Waals surface area (Å²) < 4.78 is 6.01. The Kier molecular flexibility index (Phi) is 9.65. The van der Waals surface area contributed by atoms with Crippen LogP contribution in [0.2, 0.25) is 0 Å². The monoisotopic (exact) mass is 322 g/mol. The predicted octanol–water partition coefficient (Wildman–Crippen LogP) is 7.14. The topological polar surface area (TPSA) is 9.23 Å². The van der Waals surface area contributed by atoms with Crippen molar-refractivity contribution in [2.24, 2.45) is 17.8 Å². The van der Waals surface area contributed by atoms with Crippen LogP contribution in [0.15, 0.2) is 0 Å². The summed E-state index contributed by atoms with van der Waals surface area (Å²) in [7, 11) is 0. The second-order valence-corrected chi connectivity index (χ2v) is 8.47. The van der Waals surface area contributed by atoms with Gasteiger partial charge in [0.1, 0.15) is 0 Å². The van der Waals surface area contributed by atoms with E-state index in [9.17, 15) is 0 Å². The SMILES string of the molecule is CCCCO[C@H]1CC[C@H](CC[C@H]2CC[C@H](CCCC)CC2)CC1. The van der Waals surface area contributed by atoms with E-state index in [4.69, 9.17) is 4.74 Å². The summed E-state index contributed by atoms with van der Waals surface area (Å²) in [6.07, 6.45) is 22.1. The highest BCUT2D eigenvalue weighted by Crippen LogP contribution is 2.37. The molecule has 0 saturated heterocycles. The lowest BCUT2D eigenvalue weighted by Crippen LogP contribution is -2.23. The van der Waals surface area contributed by atoms with Crippen LogP contribution in [0.1, 0.15) is 110 Å². The summed E-state index contributed by atoms with van der Waals surface area (Å²) in [5.41, 5.74) is 0. The molecule has 2 rings (SSSR count). The standard InChI is InChI=1S/C22H42O/c1-3-5-7-19-8-10-20(11-9-19)12-13-21-14-16-22(17-15-21)23-18-6-4-2/h19-22H,3-18H2,1-2H3/t19-,20-,21-,22-. The maximum atomic E-state index is 6.01. The highest BCUT2D eigenvalue weighted by molar-refractivity contribution is 4.77. The molecule has 0 radical (unpaired) electrons. The van der Waals surface area contributed by atoms with Gasteiger partial charge in [-0.1, -0.05) is 78.1 Å². The third kappa shape index (κ3) is 7.59. The molecule has 0 atom stereocenters. The van der Waals surface area contributed by atoms with Crippen molar-refractivity contribution in [3.8, 4) is 0 Å². The first-order chi connectivity index (χ1) is 11.3. The van der Waals surface area contributed by atoms with Crippen LogP contribution < -0.4 is 0 Å². The van der Waals surface area contributed by atoms with E-state index in [1.54, 1.807) is 0 Å². The smallest absolute Gasteiger partial charge is 0.0575 e. The maximum absolute atomic E-state index is 6.01. The van der Waals surface area contributed by atoms with Gasteiger partial charge in [-0.3, -0.25) is 0 Å². The summed E-state index contributed by atoms with van der Waals surface area (Å²) in [6.45, 7) is 5.57. The van der Waals surface area contributed by atoms with Crippen molar-refractivity contribution in [2.45, 2.75) is 116 Å². The van der Waals surface area contributed by atoms with E-state index < -0.39 is 0 Å². The van der Waals surface area contributed by atoms with Crippen molar-refractivity contribution in [3.05, 3.63) is 0 Å². The first-order valence-electron chi connectivity index (χ1n) is 10.9. The summed E-state index contributed by atoms with van der Waals surface area (Å²) in [4.78, 5) is 0. The van der Waals surface area contributed by atoms with Crippen LogP contribution in [0.5, 0.6) is 0 Å². The van der Waals surface area contributed by atoms with Gasteiger partial charge in [-0.15, -0.1) is 0 Å². The molecule has 0 heterocycles. The zero-order chi connectivity index (χ0) is 16.3. The molecule has 23 heavy (non-hydrogen) atoms. The second-order valence-electron chi connectivity index (χ2n) is 8.47. The third-order valence-corrected chi connectivity index (χ3v) is 6.56. The lowest BCUT2D eigenvalue weighted by Gasteiger charge is -2.32. The molecule has 2 fully saturated rings. The van der Waals surface area contributed by atoms with Gasteiger partial charge in [0.05, 0.1) is 6.10 Å². The Morgan fingerprint density at radius 2 is 1.09 bits per heavy atom. The zero-order valence-corrected chi connectivity index (χ0v) is 16.0. The van der Waals surface area contributed by atoms with Crippen LogP contribution in [0.4, 0.5) is 0 Å². The van der Waals surface area contributed by atoms with Gasteiger partial charge in [0, 0.05) is 6.61 Å². The van der Waals surface area contributed by atoms with Gasteiger partial charge in [-0.05, 0) is 49.9 Å². The van der Waals surface area contributed by atoms with E-state index in [0.717, 1.165) is 24.4 Å². The van der Waals surface area contributed by atoms with Crippen molar-refractivity contribution in [1.29, 1.82) is 0 Å². The quantitative estimate of drug-likeness (QED) is 0.388. The van der Waals surface area contributed by atoms with Crippen LogP contribution >= 0.6 is 0 Å². The van der Waals surface area contributed by atoms with Crippen molar-refractivity contribution in [2.75, 3.05) is 6.61 Å².